The second-order valence-corrected chi connectivity index (χ2v) is 10.7. The van der Waals surface area contributed by atoms with Crippen LogP contribution in [0.3, 0.4) is 0 Å². The molecular formula is C28H42O6S. The summed E-state index contributed by atoms with van der Waals surface area (Å²) in [5, 5.41) is 18.5. The van der Waals surface area contributed by atoms with Gasteiger partial charge in [-0.15, -0.1) is 0 Å². The molecule has 0 saturated heterocycles. The summed E-state index contributed by atoms with van der Waals surface area (Å²) in [6, 6.07) is 6.94. The van der Waals surface area contributed by atoms with Crippen LogP contribution in [0.1, 0.15) is 75.6 Å². The van der Waals surface area contributed by atoms with E-state index in [1.165, 1.54) is 0 Å². The first-order chi connectivity index (χ1) is 16.9. The molecule has 6 nitrogen and oxygen atoms in total. The highest BCUT2D eigenvalue weighted by atomic mass is 32.2. The van der Waals surface area contributed by atoms with Crippen molar-refractivity contribution < 1.29 is 28.1 Å². The van der Waals surface area contributed by atoms with E-state index in [1.807, 2.05) is 0 Å². The quantitative estimate of drug-likeness (QED) is 0.330. The Hall–Kier alpha value is -2.09. The third-order valence-corrected chi connectivity index (χ3v) is 7.52. The summed E-state index contributed by atoms with van der Waals surface area (Å²) in [7, 11) is -3.79. The van der Waals surface area contributed by atoms with Gasteiger partial charge >= 0.3 is 0 Å². The second-order valence-electron chi connectivity index (χ2n) is 8.79. The first-order valence-electron chi connectivity index (χ1n) is 12.9. The molecule has 0 radical (unpaired) electrons. The molecule has 196 valence electrons. The van der Waals surface area contributed by atoms with Crippen molar-refractivity contribution in [1.82, 2.24) is 0 Å². The molecule has 0 aliphatic carbocycles. The van der Waals surface area contributed by atoms with Gasteiger partial charge in [-0.05, 0) is 72.2 Å². The normalized spacial score (nSPS) is 11.6. The summed E-state index contributed by atoms with van der Waals surface area (Å²) in [5.74, 6) is 1.40. The van der Waals surface area contributed by atoms with Crippen LogP contribution in [-0.4, -0.2) is 45.1 Å². The summed E-state index contributed by atoms with van der Waals surface area (Å²) in [5.41, 5.74) is 3.43. The van der Waals surface area contributed by atoms with E-state index in [0.29, 0.717) is 37.2 Å². The zero-order valence-electron chi connectivity index (χ0n) is 21.7. The molecule has 0 fully saturated rings. The number of hydrogen-bond acceptors (Lipinski definition) is 6. The number of ether oxygens (including phenoxy) is 2. The maximum atomic E-state index is 13.9. The van der Waals surface area contributed by atoms with Crippen molar-refractivity contribution in [2.75, 3.05) is 26.4 Å². The van der Waals surface area contributed by atoms with Crippen LogP contribution in [0, 0.1) is 0 Å². The molecule has 0 atom stereocenters. The molecule has 0 aliphatic heterocycles. The molecule has 0 unspecified atom stereocenters. The highest BCUT2D eigenvalue weighted by molar-refractivity contribution is 7.91. The average molecular weight is 507 g/mol. The maximum absolute atomic E-state index is 13.9. The lowest BCUT2D eigenvalue weighted by molar-refractivity contribution is 0.199. The number of rotatable bonds is 16. The van der Waals surface area contributed by atoms with Crippen LogP contribution >= 0.6 is 0 Å². The minimum atomic E-state index is -3.79. The standard InChI is InChI=1S/C28H42O6S/c1-5-9-21-17-25(18-22(10-6-2)27(21)33-15-13-29)35(31,32)26-19-23(11-7-3)28(34-16-14-30)24(20-26)12-8-4/h17-20,29-30H,5-16H2,1-4H3. The fourth-order valence-corrected chi connectivity index (χ4v) is 5.84. The third-order valence-electron chi connectivity index (χ3n) is 5.81. The van der Waals surface area contributed by atoms with Crippen LogP contribution in [0.2, 0.25) is 0 Å². The minimum absolute atomic E-state index is 0.0949. The number of hydrogen-bond donors (Lipinski definition) is 2. The van der Waals surface area contributed by atoms with E-state index in [9.17, 15) is 18.6 Å². The summed E-state index contributed by atoms with van der Waals surface area (Å²) >= 11 is 0. The lowest BCUT2D eigenvalue weighted by atomic mass is 10.0. The Labute approximate surface area is 211 Å². The topological polar surface area (TPSA) is 93.1 Å². The van der Waals surface area contributed by atoms with Crippen molar-refractivity contribution in [1.29, 1.82) is 0 Å². The SMILES string of the molecule is CCCc1cc(S(=O)(=O)c2cc(CCC)c(OCCO)c(CCC)c2)cc(CCC)c1OCCO. The first kappa shape index (κ1) is 29.1. The Morgan fingerprint density at radius 2 is 0.886 bits per heavy atom. The van der Waals surface area contributed by atoms with Crippen LogP contribution in [0.5, 0.6) is 11.5 Å². The minimum Gasteiger partial charge on any atom is -0.491 e. The number of aliphatic hydroxyl groups is 2. The fourth-order valence-electron chi connectivity index (χ4n) is 4.38. The van der Waals surface area contributed by atoms with E-state index in [0.717, 1.165) is 47.9 Å². The van der Waals surface area contributed by atoms with Crippen molar-refractivity contribution in [2.24, 2.45) is 0 Å². The van der Waals surface area contributed by atoms with Gasteiger partial charge in [-0.2, -0.15) is 0 Å². The molecule has 0 heterocycles. The van der Waals surface area contributed by atoms with Crippen molar-refractivity contribution >= 4 is 9.84 Å². The van der Waals surface area contributed by atoms with Gasteiger partial charge < -0.3 is 19.7 Å². The van der Waals surface area contributed by atoms with E-state index in [1.54, 1.807) is 24.3 Å². The molecule has 0 amide bonds. The van der Waals surface area contributed by atoms with Gasteiger partial charge in [0.25, 0.3) is 0 Å². The third kappa shape index (κ3) is 7.45. The van der Waals surface area contributed by atoms with Crippen molar-refractivity contribution in [2.45, 2.75) is 88.9 Å². The van der Waals surface area contributed by atoms with Crippen LogP contribution < -0.4 is 9.47 Å². The predicted octanol–water partition coefficient (Wildman–Crippen LogP) is 5.07. The van der Waals surface area contributed by atoms with E-state index in [4.69, 9.17) is 9.47 Å². The average Bonchev–Trinajstić information content (AvgIpc) is 2.83. The van der Waals surface area contributed by atoms with Crippen molar-refractivity contribution in [3.8, 4) is 11.5 Å². The maximum Gasteiger partial charge on any atom is 0.206 e. The Balaban J connectivity index is 2.71. The van der Waals surface area contributed by atoms with Crippen LogP contribution in [-0.2, 0) is 35.5 Å². The number of aliphatic hydroxyl groups excluding tert-OH is 2. The van der Waals surface area contributed by atoms with Crippen LogP contribution in [0.15, 0.2) is 34.1 Å². The monoisotopic (exact) mass is 506 g/mol. The van der Waals surface area contributed by atoms with Crippen molar-refractivity contribution in [3.63, 3.8) is 0 Å². The summed E-state index contributed by atoms with van der Waals surface area (Å²) < 4.78 is 39.6. The smallest absolute Gasteiger partial charge is 0.206 e. The molecule has 0 saturated carbocycles. The van der Waals surface area contributed by atoms with Gasteiger partial charge in [-0.25, -0.2) is 8.42 Å². The summed E-state index contributed by atoms with van der Waals surface area (Å²) in [6.45, 7) is 8.37. The van der Waals surface area contributed by atoms with E-state index in [-0.39, 0.29) is 36.2 Å². The molecule has 0 aliphatic rings. The van der Waals surface area contributed by atoms with Gasteiger partial charge in [0.15, 0.2) is 0 Å². The molecule has 0 bridgehead atoms. The lowest BCUT2D eigenvalue weighted by Crippen LogP contribution is -2.11. The highest BCUT2D eigenvalue weighted by Gasteiger charge is 2.25. The largest absolute Gasteiger partial charge is 0.491 e. The van der Waals surface area contributed by atoms with Gasteiger partial charge in [0.1, 0.15) is 24.7 Å². The molecule has 35 heavy (non-hydrogen) atoms. The number of benzene rings is 2. The van der Waals surface area contributed by atoms with Gasteiger partial charge in [-0.1, -0.05) is 53.4 Å². The molecule has 2 rings (SSSR count). The van der Waals surface area contributed by atoms with Crippen molar-refractivity contribution in [3.05, 3.63) is 46.5 Å². The molecule has 2 N–H and O–H groups in total. The predicted molar refractivity (Wildman–Crippen MR) is 139 cm³/mol. The Bertz CT molecular complexity index is 914. The summed E-state index contributed by atoms with van der Waals surface area (Å²) in [4.78, 5) is 0.546. The molecule has 0 aromatic heterocycles. The van der Waals surface area contributed by atoms with Gasteiger partial charge in [0.05, 0.1) is 23.0 Å². The van der Waals surface area contributed by atoms with E-state index >= 15 is 0 Å². The zero-order chi connectivity index (χ0) is 25.8. The summed E-state index contributed by atoms with van der Waals surface area (Å²) in [6.07, 6.45) is 6.17. The lowest BCUT2D eigenvalue weighted by Gasteiger charge is -2.20. The second kappa shape index (κ2) is 14.5. The molecule has 7 heteroatoms. The van der Waals surface area contributed by atoms with Gasteiger partial charge in [0.2, 0.25) is 9.84 Å². The Morgan fingerprint density at radius 3 is 1.11 bits per heavy atom. The highest BCUT2D eigenvalue weighted by Crippen LogP contribution is 2.36. The molecule has 2 aromatic carbocycles. The van der Waals surface area contributed by atoms with Gasteiger partial charge in [0, 0.05) is 0 Å². The molecule has 2 aromatic rings. The van der Waals surface area contributed by atoms with E-state index < -0.39 is 9.84 Å². The molecule has 0 spiro atoms. The number of sulfone groups is 1. The van der Waals surface area contributed by atoms with Gasteiger partial charge in [-0.3, -0.25) is 0 Å². The Kier molecular flexibility index (Phi) is 12.0. The fraction of sp³-hybridized carbons (Fsp3) is 0.571. The Morgan fingerprint density at radius 1 is 0.600 bits per heavy atom. The first-order valence-corrected chi connectivity index (χ1v) is 14.4. The van der Waals surface area contributed by atoms with Crippen LogP contribution in [0.4, 0.5) is 0 Å². The zero-order valence-corrected chi connectivity index (χ0v) is 22.5. The van der Waals surface area contributed by atoms with Crippen LogP contribution in [0.25, 0.3) is 0 Å². The molecular weight excluding hydrogens is 464 g/mol. The van der Waals surface area contributed by atoms with E-state index in [2.05, 4.69) is 27.7 Å². The number of aryl methyl sites for hydroxylation is 4.